The van der Waals surface area contributed by atoms with Crippen LogP contribution in [-0.4, -0.2) is 9.58 Å². The van der Waals surface area contributed by atoms with E-state index >= 15 is 0 Å². The first-order valence-electron chi connectivity index (χ1n) is 6.42. The molecule has 1 heterocycles. The number of allylic oxidation sites excluding steroid dienone is 1. The van der Waals surface area contributed by atoms with Gasteiger partial charge in [-0.3, -0.25) is 4.79 Å². The van der Waals surface area contributed by atoms with Crippen LogP contribution in [0.4, 0.5) is 5.69 Å². The van der Waals surface area contributed by atoms with Crippen molar-refractivity contribution in [2.45, 2.75) is 8.69 Å². The number of para-hydroxylation sites is 1. The number of nitrogens with one attached hydrogen (secondary N) is 1. The van der Waals surface area contributed by atoms with Crippen molar-refractivity contribution in [3.8, 4) is 0 Å². The molecule has 1 aliphatic heterocycles. The molecule has 0 aliphatic carbocycles. The summed E-state index contributed by atoms with van der Waals surface area (Å²) in [6.07, 6.45) is 0. The van der Waals surface area contributed by atoms with Crippen molar-refractivity contribution in [2.24, 2.45) is 0 Å². The fourth-order valence-electron chi connectivity index (χ4n) is 2.12. The summed E-state index contributed by atoms with van der Waals surface area (Å²) in [6.45, 7) is 0. The normalized spacial score (nSPS) is 16.0. The zero-order valence-corrected chi connectivity index (χ0v) is 14.2. The average molecular weight is 371 g/mol. The molecule has 0 radical (unpaired) electrons. The van der Waals surface area contributed by atoms with E-state index in [0.29, 0.717) is 10.6 Å². The minimum absolute atomic E-state index is 0.130. The first-order valence-corrected chi connectivity index (χ1v) is 8.37. The highest BCUT2D eigenvalue weighted by Crippen LogP contribution is 2.47. The van der Waals surface area contributed by atoms with Crippen LogP contribution in [0.15, 0.2) is 70.1 Å². The molecule has 0 unspecified atom stereocenters. The van der Waals surface area contributed by atoms with E-state index in [1.165, 1.54) is 11.8 Å². The molecule has 3 rings (SSSR count). The SMILES string of the molecule is O=C(/C(=C1/Nc2ccccc2S1)C(Cl)(Cl)Cl)c1ccccc1. The number of benzene rings is 2. The maximum atomic E-state index is 12.8. The number of rotatable bonds is 2. The van der Waals surface area contributed by atoms with Gasteiger partial charge in [-0.25, -0.2) is 0 Å². The van der Waals surface area contributed by atoms with Crippen molar-refractivity contribution in [2.75, 3.05) is 5.32 Å². The zero-order chi connectivity index (χ0) is 15.7. The Hall–Kier alpha value is -1.13. The molecule has 0 atom stereocenters. The number of alkyl halides is 3. The summed E-state index contributed by atoms with van der Waals surface area (Å²) in [5.41, 5.74) is 1.51. The fourth-order valence-corrected chi connectivity index (χ4v) is 3.94. The lowest BCUT2D eigenvalue weighted by Gasteiger charge is -2.17. The number of halogens is 3. The summed E-state index contributed by atoms with van der Waals surface area (Å²) in [4.78, 5) is 13.8. The van der Waals surface area contributed by atoms with Crippen molar-refractivity contribution in [1.29, 1.82) is 0 Å². The van der Waals surface area contributed by atoms with Crippen molar-refractivity contribution in [1.82, 2.24) is 0 Å². The van der Waals surface area contributed by atoms with Gasteiger partial charge in [0.1, 0.15) is 0 Å². The third kappa shape index (κ3) is 3.13. The minimum Gasteiger partial charge on any atom is -0.349 e. The fraction of sp³-hybridized carbons (Fsp3) is 0.0625. The maximum Gasteiger partial charge on any atom is 0.222 e. The van der Waals surface area contributed by atoms with Crippen LogP contribution in [0.3, 0.4) is 0 Å². The summed E-state index contributed by atoms with van der Waals surface area (Å²) in [6, 6.07) is 16.5. The molecule has 2 aromatic carbocycles. The molecule has 1 N–H and O–H groups in total. The number of ketones is 1. The third-order valence-electron chi connectivity index (χ3n) is 3.12. The molecule has 6 heteroatoms. The predicted octanol–water partition coefficient (Wildman–Crippen LogP) is 5.67. The maximum absolute atomic E-state index is 12.8. The van der Waals surface area contributed by atoms with E-state index in [9.17, 15) is 4.79 Å². The Morgan fingerprint density at radius 2 is 1.59 bits per heavy atom. The van der Waals surface area contributed by atoms with Crippen molar-refractivity contribution >= 4 is 58.0 Å². The molecule has 0 saturated carbocycles. The Morgan fingerprint density at radius 3 is 2.23 bits per heavy atom. The highest BCUT2D eigenvalue weighted by molar-refractivity contribution is 8.03. The molecular formula is C16H10Cl3NOS. The van der Waals surface area contributed by atoms with Crippen LogP contribution in [0, 0.1) is 0 Å². The van der Waals surface area contributed by atoms with Crippen LogP contribution >= 0.6 is 46.6 Å². The Kier molecular flexibility index (Phi) is 4.42. The van der Waals surface area contributed by atoms with E-state index in [-0.39, 0.29) is 11.4 Å². The number of hydrogen-bond donors (Lipinski definition) is 1. The molecule has 22 heavy (non-hydrogen) atoms. The number of carbonyl (C=O) groups excluding carboxylic acids is 1. The minimum atomic E-state index is -1.82. The number of carbonyl (C=O) groups is 1. The van der Waals surface area contributed by atoms with E-state index in [4.69, 9.17) is 34.8 Å². The number of thioether (sulfide) groups is 1. The van der Waals surface area contributed by atoms with Gasteiger partial charge < -0.3 is 5.32 Å². The molecule has 2 nitrogen and oxygen atoms in total. The summed E-state index contributed by atoms with van der Waals surface area (Å²) < 4.78 is -1.82. The van der Waals surface area contributed by atoms with Crippen LogP contribution < -0.4 is 5.32 Å². The van der Waals surface area contributed by atoms with Gasteiger partial charge in [-0.15, -0.1) is 0 Å². The van der Waals surface area contributed by atoms with Gasteiger partial charge in [0.05, 0.1) is 16.3 Å². The number of fused-ring (bicyclic) bond motifs is 1. The molecule has 2 aromatic rings. The smallest absolute Gasteiger partial charge is 0.222 e. The van der Waals surface area contributed by atoms with E-state index in [1.54, 1.807) is 24.3 Å². The summed E-state index contributed by atoms with van der Waals surface area (Å²) >= 11 is 19.6. The number of anilines is 1. The van der Waals surface area contributed by atoms with Crippen LogP contribution in [0.2, 0.25) is 0 Å². The Bertz CT molecular complexity index is 726. The van der Waals surface area contributed by atoms with E-state index < -0.39 is 3.79 Å². The molecule has 112 valence electrons. The Morgan fingerprint density at radius 1 is 0.955 bits per heavy atom. The highest BCUT2D eigenvalue weighted by Gasteiger charge is 2.37. The van der Waals surface area contributed by atoms with Gasteiger partial charge in [0, 0.05) is 10.5 Å². The molecule has 0 amide bonds. The van der Waals surface area contributed by atoms with Crippen LogP contribution in [-0.2, 0) is 0 Å². The first kappa shape index (κ1) is 15.8. The van der Waals surface area contributed by atoms with Crippen molar-refractivity contribution in [3.63, 3.8) is 0 Å². The number of hydrogen-bond acceptors (Lipinski definition) is 3. The Balaban J connectivity index is 2.06. The average Bonchev–Trinajstić information content (AvgIpc) is 2.89. The quantitative estimate of drug-likeness (QED) is 0.419. The lowest BCUT2D eigenvalue weighted by Crippen LogP contribution is -2.20. The second-order valence-corrected chi connectivity index (χ2v) is 7.95. The topological polar surface area (TPSA) is 29.1 Å². The standard InChI is InChI=1S/C16H10Cl3NOS/c17-16(18,19)13(14(21)10-6-2-1-3-7-10)15-20-11-8-4-5-9-12(11)22-15/h1-9,20H/b15-13+. The van der Waals surface area contributed by atoms with Gasteiger partial charge in [0.2, 0.25) is 3.79 Å². The molecule has 0 bridgehead atoms. The molecule has 1 aliphatic rings. The lowest BCUT2D eigenvalue weighted by molar-refractivity contribution is 0.103. The largest absolute Gasteiger partial charge is 0.349 e. The summed E-state index contributed by atoms with van der Waals surface area (Å²) in [5, 5.41) is 3.71. The summed E-state index contributed by atoms with van der Waals surface area (Å²) in [5.74, 6) is -0.302. The predicted molar refractivity (Wildman–Crippen MR) is 94.0 cm³/mol. The number of Topliss-reactive ketones (excluding diaryl/α,β-unsaturated/α-hetero) is 1. The van der Waals surface area contributed by atoms with E-state index in [2.05, 4.69) is 5.32 Å². The molecule has 0 spiro atoms. The van der Waals surface area contributed by atoms with E-state index in [1.807, 2.05) is 30.3 Å². The van der Waals surface area contributed by atoms with Gasteiger partial charge in [0.25, 0.3) is 0 Å². The van der Waals surface area contributed by atoms with Gasteiger partial charge in [0.15, 0.2) is 5.78 Å². The van der Waals surface area contributed by atoms with Gasteiger partial charge in [-0.1, -0.05) is 89.0 Å². The lowest BCUT2D eigenvalue weighted by atomic mass is 10.1. The van der Waals surface area contributed by atoms with Crippen LogP contribution in [0.1, 0.15) is 10.4 Å². The monoisotopic (exact) mass is 369 g/mol. The van der Waals surface area contributed by atoms with Crippen LogP contribution in [0.5, 0.6) is 0 Å². The van der Waals surface area contributed by atoms with Gasteiger partial charge in [-0.2, -0.15) is 0 Å². The van der Waals surface area contributed by atoms with Crippen molar-refractivity contribution < 1.29 is 4.79 Å². The zero-order valence-electron chi connectivity index (χ0n) is 11.1. The first-order chi connectivity index (χ1) is 10.5. The third-order valence-corrected chi connectivity index (χ3v) is 4.77. The van der Waals surface area contributed by atoms with Gasteiger partial charge >= 0.3 is 0 Å². The second-order valence-electron chi connectivity index (χ2n) is 4.62. The molecule has 0 saturated heterocycles. The van der Waals surface area contributed by atoms with E-state index in [0.717, 1.165) is 10.6 Å². The van der Waals surface area contributed by atoms with Crippen molar-refractivity contribution in [3.05, 3.63) is 70.8 Å². The van der Waals surface area contributed by atoms with Crippen LogP contribution in [0.25, 0.3) is 0 Å². The summed E-state index contributed by atoms with van der Waals surface area (Å²) in [7, 11) is 0. The Labute approximate surface area is 147 Å². The molecular weight excluding hydrogens is 361 g/mol. The molecule has 0 aromatic heterocycles. The van der Waals surface area contributed by atoms with Gasteiger partial charge in [-0.05, 0) is 12.1 Å². The second kappa shape index (κ2) is 6.17. The molecule has 0 fully saturated rings. The highest BCUT2D eigenvalue weighted by atomic mass is 35.6.